The molecule has 1 aromatic rings. The van der Waals surface area contributed by atoms with Gasteiger partial charge in [0.15, 0.2) is 0 Å². The number of allylic oxidation sites excluding steroid dienone is 1. The lowest BCUT2D eigenvalue weighted by atomic mass is 9.97. The number of esters is 1. The van der Waals surface area contributed by atoms with Gasteiger partial charge in [-0.2, -0.15) is 0 Å². The van der Waals surface area contributed by atoms with Gasteiger partial charge in [-0.25, -0.2) is 4.79 Å². The minimum absolute atomic E-state index is 0.0824. The van der Waals surface area contributed by atoms with Gasteiger partial charge in [-0.1, -0.05) is 23.3 Å². The molecule has 0 radical (unpaired) electrons. The summed E-state index contributed by atoms with van der Waals surface area (Å²) in [6.45, 7) is 0.793. The third kappa shape index (κ3) is 5.57. The van der Waals surface area contributed by atoms with Crippen LogP contribution in [0.1, 0.15) is 42.5 Å². The fourth-order valence-corrected chi connectivity index (χ4v) is 2.84. The number of hydrogen-bond donors (Lipinski definition) is 2. The van der Waals surface area contributed by atoms with E-state index in [2.05, 4.69) is 21.4 Å². The molecule has 1 aromatic carbocycles. The number of nitrogens with one attached hydrogen (secondary N) is 2. The Labute approximate surface area is 147 Å². The second kappa shape index (κ2) is 9.33. The summed E-state index contributed by atoms with van der Waals surface area (Å²) in [4.78, 5) is 23.5. The fourth-order valence-electron chi connectivity index (χ4n) is 2.64. The maximum atomic E-state index is 11.9. The van der Waals surface area contributed by atoms with Crippen molar-refractivity contribution < 1.29 is 14.3 Å². The van der Waals surface area contributed by atoms with Gasteiger partial charge in [0.05, 0.1) is 24.2 Å². The van der Waals surface area contributed by atoms with E-state index in [-0.39, 0.29) is 18.0 Å². The SMILES string of the molecule is COC(=O)c1cc(NCC(=O)NCCC2=CCCCC2)ccc1Cl. The number of halogens is 1. The monoisotopic (exact) mass is 350 g/mol. The van der Waals surface area contributed by atoms with Crippen LogP contribution < -0.4 is 10.6 Å². The van der Waals surface area contributed by atoms with Crippen LogP contribution in [0.2, 0.25) is 5.02 Å². The van der Waals surface area contributed by atoms with Crippen LogP contribution in [0, 0.1) is 0 Å². The van der Waals surface area contributed by atoms with E-state index in [0.29, 0.717) is 17.3 Å². The molecule has 5 nitrogen and oxygen atoms in total. The van der Waals surface area contributed by atoms with E-state index in [1.54, 1.807) is 18.2 Å². The molecule has 1 amide bonds. The molecule has 2 N–H and O–H groups in total. The Balaban J connectivity index is 1.77. The number of benzene rings is 1. The van der Waals surface area contributed by atoms with Crippen molar-refractivity contribution in [2.75, 3.05) is 25.5 Å². The molecular weight excluding hydrogens is 328 g/mol. The Morgan fingerprint density at radius 2 is 2.12 bits per heavy atom. The minimum atomic E-state index is -0.506. The van der Waals surface area contributed by atoms with Gasteiger partial charge in [-0.05, 0) is 50.3 Å². The third-order valence-electron chi connectivity index (χ3n) is 3.98. The Morgan fingerprint density at radius 1 is 1.29 bits per heavy atom. The van der Waals surface area contributed by atoms with Gasteiger partial charge in [-0.3, -0.25) is 4.79 Å². The normalized spacial score (nSPS) is 13.8. The molecule has 0 bridgehead atoms. The van der Waals surface area contributed by atoms with E-state index >= 15 is 0 Å². The number of hydrogen-bond acceptors (Lipinski definition) is 4. The van der Waals surface area contributed by atoms with E-state index in [0.717, 1.165) is 19.3 Å². The second-order valence-electron chi connectivity index (χ2n) is 5.75. The molecule has 130 valence electrons. The first kappa shape index (κ1) is 18.3. The van der Waals surface area contributed by atoms with Gasteiger partial charge in [0.25, 0.3) is 0 Å². The molecule has 0 saturated heterocycles. The Morgan fingerprint density at radius 3 is 2.83 bits per heavy atom. The highest BCUT2D eigenvalue weighted by Gasteiger charge is 2.12. The summed E-state index contributed by atoms with van der Waals surface area (Å²) in [5.41, 5.74) is 2.36. The topological polar surface area (TPSA) is 67.4 Å². The van der Waals surface area contributed by atoms with Gasteiger partial charge in [0.1, 0.15) is 0 Å². The van der Waals surface area contributed by atoms with Gasteiger partial charge >= 0.3 is 5.97 Å². The van der Waals surface area contributed by atoms with Crippen molar-refractivity contribution in [2.45, 2.75) is 32.1 Å². The van der Waals surface area contributed by atoms with Crippen LogP contribution in [0.5, 0.6) is 0 Å². The Bertz CT molecular complexity index is 629. The molecule has 0 spiro atoms. The highest BCUT2D eigenvalue weighted by molar-refractivity contribution is 6.33. The smallest absolute Gasteiger partial charge is 0.339 e. The molecule has 0 unspecified atom stereocenters. The van der Waals surface area contributed by atoms with Gasteiger partial charge in [0, 0.05) is 12.2 Å². The van der Waals surface area contributed by atoms with Crippen LogP contribution in [0.15, 0.2) is 29.8 Å². The summed E-state index contributed by atoms with van der Waals surface area (Å²) < 4.78 is 4.67. The molecule has 1 aliphatic rings. The highest BCUT2D eigenvalue weighted by Crippen LogP contribution is 2.21. The van der Waals surface area contributed by atoms with E-state index in [1.165, 1.54) is 25.5 Å². The first-order valence-electron chi connectivity index (χ1n) is 8.16. The lowest BCUT2D eigenvalue weighted by molar-refractivity contribution is -0.119. The van der Waals surface area contributed by atoms with Gasteiger partial charge in [-0.15, -0.1) is 0 Å². The van der Waals surface area contributed by atoms with Crippen molar-refractivity contribution in [3.8, 4) is 0 Å². The van der Waals surface area contributed by atoms with Crippen LogP contribution in [0.25, 0.3) is 0 Å². The number of carbonyl (C=O) groups is 2. The maximum absolute atomic E-state index is 11.9. The van der Waals surface area contributed by atoms with Crippen LogP contribution >= 0.6 is 11.6 Å². The van der Waals surface area contributed by atoms with Crippen LogP contribution in [-0.4, -0.2) is 32.1 Å². The summed E-state index contributed by atoms with van der Waals surface area (Å²) in [6.07, 6.45) is 8.03. The molecule has 0 heterocycles. The zero-order chi connectivity index (χ0) is 17.4. The molecule has 0 saturated carbocycles. The van der Waals surface area contributed by atoms with Crippen molar-refractivity contribution in [1.29, 1.82) is 0 Å². The van der Waals surface area contributed by atoms with Gasteiger partial charge in [0.2, 0.25) is 5.91 Å². The zero-order valence-corrected chi connectivity index (χ0v) is 14.6. The van der Waals surface area contributed by atoms with Crippen molar-refractivity contribution >= 4 is 29.2 Å². The van der Waals surface area contributed by atoms with E-state index < -0.39 is 5.97 Å². The predicted octanol–water partition coefficient (Wildman–Crippen LogP) is 3.55. The molecule has 0 fully saturated rings. The van der Waals surface area contributed by atoms with Crippen molar-refractivity contribution in [1.82, 2.24) is 5.32 Å². The van der Waals surface area contributed by atoms with Crippen LogP contribution in [0.3, 0.4) is 0 Å². The first-order chi connectivity index (χ1) is 11.6. The van der Waals surface area contributed by atoms with E-state index in [9.17, 15) is 9.59 Å². The lowest BCUT2D eigenvalue weighted by Gasteiger charge is -2.13. The second-order valence-corrected chi connectivity index (χ2v) is 6.16. The molecule has 6 heteroatoms. The predicted molar refractivity (Wildman–Crippen MR) is 95.5 cm³/mol. The molecule has 0 atom stereocenters. The van der Waals surface area contributed by atoms with E-state index in [4.69, 9.17) is 11.6 Å². The Hall–Kier alpha value is -2.01. The summed E-state index contributed by atoms with van der Waals surface area (Å²) in [5.74, 6) is -0.588. The lowest BCUT2D eigenvalue weighted by Crippen LogP contribution is -2.30. The molecular formula is C18H23ClN2O3. The number of methoxy groups -OCH3 is 1. The highest BCUT2D eigenvalue weighted by atomic mass is 35.5. The summed E-state index contributed by atoms with van der Waals surface area (Å²) in [7, 11) is 1.30. The number of ether oxygens (including phenoxy) is 1. The largest absolute Gasteiger partial charge is 0.465 e. The third-order valence-corrected chi connectivity index (χ3v) is 4.31. The van der Waals surface area contributed by atoms with Crippen LogP contribution in [0.4, 0.5) is 5.69 Å². The molecule has 0 aliphatic heterocycles. The molecule has 0 aromatic heterocycles. The summed E-state index contributed by atoms with van der Waals surface area (Å²) in [5, 5.41) is 6.20. The standard InChI is InChI=1S/C18H23ClN2O3/c1-24-18(23)15-11-14(7-8-16(15)19)21-12-17(22)20-10-9-13-5-3-2-4-6-13/h5,7-8,11,21H,2-4,6,9-10,12H2,1H3,(H,20,22). The Kier molecular flexibility index (Phi) is 7.12. The van der Waals surface area contributed by atoms with Crippen molar-refractivity contribution in [2.24, 2.45) is 0 Å². The zero-order valence-electron chi connectivity index (χ0n) is 13.9. The number of anilines is 1. The first-order valence-corrected chi connectivity index (χ1v) is 8.54. The maximum Gasteiger partial charge on any atom is 0.339 e. The molecule has 24 heavy (non-hydrogen) atoms. The molecule has 1 aliphatic carbocycles. The molecule has 2 rings (SSSR count). The minimum Gasteiger partial charge on any atom is -0.465 e. The van der Waals surface area contributed by atoms with Gasteiger partial charge < -0.3 is 15.4 Å². The number of rotatable bonds is 7. The van der Waals surface area contributed by atoms with Crippen LogP contribution in [-0.2, 0) is 9.53 Å². The quantitative estimate of drug-likeness (QED) is 0.583. The fraction of sp³-hybridized carbons (Fsp3) is 0.444. The van der Waals surface area contributed by atoms with Crippen molar-refractivity contribution in [3.05, 3.63) is 40.4 Å². The number of amides is 1. The van der Waals surface area contributed by atoms with E-state index in [1.807, 2.05) is 0 Å². The average Bonchev–Trinajstić information content (AvgIpc) is 2.61. The number of carbonyl (C=O) groups excluding carboxylic acids is 2. The summed E-state index contributed by atoms with van der Waals surface area (Å²) >= 11 is 5.96. The average molecular weight is 351 g/mol. The van der Waals surface area contributed by atoms with Crippen molar-refractivity contribution in [3.63, 3.8) is 0 Å². The summed E-state index contributed by atoms with van der Waals surface area (Å²) in [6, 6.07) is 4.90.